The average molecular weight is 213 g/mol. The van der Waals surface area contributed by atoms with Gasteiger partial charge in [-0.05, 0) is 0 Å². The maximum atomic E-state index is 4.09. The molecular weight excluding hydrogens is 200 g/mol. The van der Waals surface area contributed by atoms with Crippen LogP contribution in [0.2, 0.25) is 0 Å². The van der Waals surface area contributed by atoms with Gasteiger partial charge in [-0.15, -0.1) is 0 Å². The van der Waals surface area contributed by atoms with E-state index in [0.717, 1.165) is 19.3 Å². The molecule has 0 aliphatic heterocycles. The fourth-order valence-corrected chi connectivity index (χ4v) is 2.29. The molecule has 13 heavy (non-hydrogen) atoms. The molecule has 0 bridgehead atoms. The summed E-state index contributed by atoms with van der Waals surface area (Å²) in [6.07, 6.45) is 12.2. The van der Waals surface area contributed by atoms with E-state index < -0.39 is 0 Å². The van der Waals surface area contributed by atoms with E-state index in [4.69, 9.17) is 0 Å². The molecule has 0 heterocycles. The molecule has 0 saturated heterocycles. The molecule has 0 aromatic rings. The zero-order valence-corrected chi connectivity index (χ0v) is 8.89. The van der Waals surface area contributed by atoms with Crippen LogP contribution in [0.4, 0.5) is 0 Å². The van der Waals surface area contributed by atoms with Gasteiger partial charge in [0.25, 0.3) is 0 Å². The third-order valence-electron chi connectivity index (χ3n) is 2.60. The molecular formula is C12H13Fe. The zero-order valence-electron chi connectivity index (χ0n) is 7.78. The van der Waals surface area contributed by atoms with Gasteiger partial charge in [0.05, 0.1) is 0 Å². The molecule has 0 atom stereocenters. The molecule has 0 N–H and O–H groups in total. The normalized spacial score (nSPS) is 21.1. The van der Waals surface area contributed by atoms with Gasteiger partial charge in [-0.2, -0.15) is 0 Å². The average Bonchev–Trinajstić information content (AvgIpc) is 2.71. The van der Waals surface area contributed by atoms with Gasteiger partial charge in [-0.3, -0.25) is 0 Å². The summed E-state index contributed by atoms with van der Waals surface area (Å²) in [6, 6.07) is 0. The fourth-order valence-electron chi connectivity index (χ4n) is 1.90. The Bertz CT molecular complexity index is 340. The van der Waals surface area contributed by atoms with Crippen molar-refractivity contribution in [3.63, 3.8) is 0 Å². The summed E-state index contributed by atoms with van der Waals surface area (Å²) in [7, 11) is 0. The van der Waals surface area contributed by atoms with Crippen molar-refractivity contribution >= 4 is 0 Å². The van der Waals surface area contributed by atoms with Gasteiger partial charge in [0.2, 0.25) is 0 Å². The van der Waals surface area contributed by atoms with E-state index in [1.807, 2.05) is 0 Å². The van der Waals surface area contributed by atoms with Gasteiger partial charge < -0.3 is 0 Å². The second kappa shape index (κ2) is 3.69. The van der Waals surface area contributed by atoms with Crippen molar-refractivity contribution < 1.29 is 16.0 Å². The van der Waals surface area contributed by atoms with E-state index in [1.165, 1.54) is 21.2 Å². The Kier molecular flexibility index (Phi) is 2.57. The quantitative estimate of drug-likeness (QED) is 0.616. The van der Waals surface area contributed by atoms with Crippen molar-refractivity contribution in [2.45, 2.75) is 26.2 Å². The van der Waals surface area contributed by atoms with Crippen molar-refractivity contribution in [3.05, 3.63) is 45.5 Å². The van der Waals surface area contributed by atoms with Crippen molar-refractivity contribution in [1.29, 1.82) is 0 Å². The number of hydrogen-bond donors (Lipinski definition) is 0. The molecule has 1 heteroatoms. The van der Waals surface area contributed by atoms with Crippen LogP contribution in [0.5, 0.6) is 0 Å². The van der Waals surface area contributed by atoms with Crippen LogP contribution in [0.25, 0.3) is 0 Å². The summed E-state index contributed by atoms with van der Waals surface area (Å²) in [4.78, 5) is 0. The SMILES string of the molecule is CCC1=C(C2=[C]([Fe])CC=C2)CC=C1. The van der Waals surface area contributed by atoms with E-state index in [9.17, 15) is 0 Å². The van der Waals surface area contributed by atoms with E-state index >= 15 is 0 Å². The molecule has 0 unspecified atom stereocenters. The molecule has 0 aromatic heterocycles. The molecule has 0 fully saturated rings. The van der Waals surface area contributed by atoms with Crippen LogP contribution in [0.1, 0.15) is 26.2 Å². The Hall–Kier alpha value is -0.521. The van der Waals surface area contributed by atoms with Gasteiger partial charge in [-0.1, -0.05) is 0 Å². The molecule has 0 radical (unpaired) electrons. The monoisotopic (exact) mass is 213 g/mol. The molecule has 0 nitrogen and oxygen atoms in total. The summed E-state index contributed by atoms with van der Waals surface area (Å²) in [5.74, 6) is 0. The molecule has 2 aliphatic rings. The predicted molar refractivity (Wildman–Crippen MR) is 51.9 cm³/mol. The van der Waals surface area contributed by atoms with Crippen LogP contribution < -0.4 is 0 Å². The van der Waals surface area contributed by atoms with Gasteiger partial charge in [0, 0.05) is 0 Å². The molecule has 2 aliphatic carbocycles. The fraction of sp³-hybridized carbons (Fsp3) is 0.333. The Morgan fingerprint density at radius 3 is 2.62 bits per heavy atom. The minimum absolute atomic E-state index is 1.04. The second-order valence-corrected chi connectivity index (χ2v) is 4.04. The van der Waals surface area contributed by atoms with Crippen molar-refractivity contribution in [2.75, 3.05) is 0 Å². The maximum absolute atomic E-state index is 4.09. The molecule has 0 saturated carbocycles. The Balaban J connectivity index is 2.36. The summed E-state index contributed by atoms with van der Waals surface area (Å²) in [5.41, 5.74) is 4.38. The Morgan fingerprint density at radius 1 is 1.23 bits per heavy atom. The van der Waals surface area contributed by atoms with Crippen LogP contribution in [0.15, 0.2) is 45.5 Å². The molecule has 69 valence electrons. The number of rotatable bonds is 2. The van der Waals surface area contributed by atoms with E-state index in [0.29, 0.717) is 0 Å². The topological polar surface area (TPSA) is 0 Å². The predicted octanol–water partition coefficient (Wildman–Crippen LogP) is 3.41. The van der Waals surface area contributed by atoms with E-state index in [2.05, 4.69) is 47.2 Å². The first-order valence-corrected chi connectivity index (χ1v) is 5.31. The third-order valence-corrected chi connectivity index (χ3v) is 3.12. The molecule has 0 aromatic carbocycles. The van der Waals surface area contributed by atoms with Crippen LogP contribution in [0.3, 0.4) is 0 Å². The first kappa shape index (κ1) is 9.05. The number of allylic oxidation sites excluding steroid dienone is 8. The van der Waals surface area contributed by atoms with Gasteiger partial charge in [-0.25, -0.2) is 0 Å². The summed E-state index contributed by atoms with van der Waals surface area (Å²) in [5, 5.41) is 0. The standard InChI is InChI=1S/C12H13.Fe/c1-2-10-8-5-9-12(10)11-6-3-4-7-11;/h3,5-6,8H,2,4,9H2,1H3;. The van der Waals surface area contributed by atoms with Crippen LogP contribution in [0, 0.1) is 0 Å². The molecule has 0 spiro atoms. The van der Waals surface area contributed by atoms with Gasteiger partial charge >= 0.3 is 87.7 Å². The third kappa shape index (κ3) is 1.59. The Labute approximate surface area is 87.9 Å². The first-order valence-electron chi connectivity index (χ1n) is 4.76. The molecule has 0 amide bonds. The summed E-state index contributed by atoms with van der Waals surface area (Å²) >= 11 is 4.09. The van der Waals surface area contributed by atoms with Crippen molar-refractivity contribution in [3.8, 4) is 0 Å². The minimum atomic E-state index is 1.04. The number of hydrogen-bond acceptors (Lipinski definition) is 0. The van der Waals surface area contributed by atoms with Gasteiger partial charge in [0.15, 0.2) is 0 Å². The molecule has 2 rings (SSSR count). The Morgan fingerprint density at radius 2 is 2.00 bits per heavy atom. The van der Waals surface area contributed by atoms with Crippen LogP contribution >= 0.6 is 0 Å². The van der Waals surface area contributed by atoms with Crippen molar-refractivity contribution in [2.24, 2.45) is 0 Å². The second-order valence-electron chi connectivity index (χ2n) is 3.37. The van der Waals surface area contributed by atoms with Gasteiger partial charge in [0.1, 0.15) is 0 Å². The first-order chi connectivity index (χ1) is 6.33. The van der Waals surface area contributed by atoms with E-state index in [-0.39, 0.29) is 0 Å². The van der Waals surface area contributed by atoms with Crippen molar-refractivity contribution in [1.82, 2.24) is 0 Å². The zero-order chi connectivity index (χ0) is 9.26. The van der Waals surface area contributed by atoms with Crippen LogP contribution in [-0.4, -0.2) is 0 Å². The van der Waals surface area contributed by atoms with Crippen LogP contribution in [-0.2, 0) is 16.0 Å². The van der Waals surface area contributed by atoms with E-state index in [1.54, 1.807) is 0 Å². The summed E-state index contributed by atoms with van der Waals surface area (Å²) in [6.45, 7) is 2.22. The summed E-state index contributed by atoms with van der Waals surface area (Å²) < 4.78 is 1.28.